The Hall–Kier alpha value is -0.680. The average molecular weight is 208 g/mol. The van der Waals surface area contributed by atoms with Crippen molar-refractivity contribution >= 4 is 28.6 Å². The number of thioether (sulfide) groups is 1. The molecule has 0 aliphatic heterocycles. The number of carbonyl (C=O) groups is 1. The van der Waals surface area contributed by atoms with Crippen molar-refractivity contribution in [3.63, 3.8) is 0 Å². The Kier molecular flexibility index (Phi) is 2.99. The van der Waals surface area contributed by atoms with E-state index in [4.69, 9.17) is 16.1 Å². The number of hydrogen-bond acceptors (Lipinski definition) is 4. The molecule has 0 aliphatic carbocycles. The third-order valence-corrected chi connectivity index (χ3v) is 1.98. The molecule has 0 radical (unpaired) electrons. The van der Waals surface area contributed by atoms with E-state index in [1.165, 1.54) is 11.8 Å². The van der Waals surface area contributed by atoms with Crippen LogP contribution in [0, 0.1) is 0 Å². The fourth-order valence-corrected chi connectivity index (χ4v) is 1.42. The number of H-pyrrole nitrogens is 1. The Bertz CT molecular complexity index is 343. The van der Waals surface area contributed by atoms with E-state index >= 15 is 0 Å². The van der Waals surface area contributed by atoms with Crippen molar-refractivity contribution in [3.8, 4) is 0 Å². The van der Waals surface area contributed by atoms with E-state index in [1.54, 1.807) is 0 Å². The van der Waals surface area contributed by atoms with Gasteiger partial charge in [0, 0.05) is 0 Å². The Morgan fingerprint density at radius 2 is 2.42 bits per heavy atom. The lowest BCUT2D eigenvalue weighted by molar-refractivity contribution is 0.107. The number of halogens is 1. The van der Waals surface area contributed by atoms with Crippen LogP contribution in [0.3, 0.4) is 0 Å². The van der Waals surface area contributed by atoms with Crippen molar-refractivity contribution in [2.75, 3.05) is 6.26 Å². The fraction of sp³-hybridized carbons (Fsp3) is 0.333. The normalized spacial score (nSPS) is 10.2. The third-order valence-electron chi connectivity index (χ3n) is 1.24. The van der Waals surface area contributed by atoms with Crippen LogP contribution in [0.5, 0.6) is 0 Å². The minimum absolute atomic E-state index is 0.0917. The van der Waals surface area contributed by atoms with Crippen molar-refractivity contribution < 1.29 is 9.32 Å². The zero-order valence-electron chi connectivity index (χ0n) is 6.22. The van der Waals surface area contributed by atoms with Crippen LogP contribution in [-0.2, 0) is 5.75 Å². The van der Waals surface area contributed by atoms with Crippen LogP contribution in [0.2, 0.25) is 0 Å². The molecule has 0 spiro atoms. The first-order valence-corrected chi connectivity index (χ1v) is 4.83. The van der Waals surface area contributed by atoms with E-state index in [1.807, 2.05) is 6.26 Å². The molecule has 1 rings (SSSR count). The zero-order chi connectivity index (χ0) is 9.14. The standard InChI is InChI=1S/C6H6ClNO3S/c1-12-2-3-4(5(7)9)6(10)8-11-3/h2H2,1H3,(H,8,10). The molecule has 0 fully saturated rings. The highest BCUT2D eigenvalue weighted by Gasteiger charge is 2.17. The van der Waals surface area contributed by atoms with E-state index in [9.17, 15) is 9.59 Å². The predicted molar refractivity (Wildman–Crippen MR) is 46.7 cm³/mol. The first-order chi connectivity index (χ1) is 5.66. The highest BCUT2D eigenvalue weighted by atomic mass is 35.5. The second-order valence-electron chi connectivity index (χ2n) is 2.04. The summed E-state index contributed by atoms with van der Waals surface area (Å²) in [5.74, 6) is 0.750. The maximum absolute atomic E-state index is 10.9. The van der Waals surface area contributed by atoms with Gasteiger partial charge in [-0.15, -0.1) is 0 Å². The summed E-state index contributed by atoms with van der Waals surface area (Å²) in [5.41, 5.74) is -0.662. The molecule has 0 aromatic carbocycles. The van der Waals surface area contributed by atoms with Gasteiger partial charge in [-0.25, -0.2) is 0 Å². The summed E-state index contributed by atoms with van der Waals surface area (Å²) < 4.78 is 4.73. The van der Waals surface area contributed by atoms with Crippen LogP contribution in [0.25, 0.3) is 0 Å². The molecular formula is C6H6ClNO3S. The van der Waals surface area contributed by atoms with Gasteiger partial charge >= 0.3 is 0 Å². The van der Waals surface area contributed by atoms with Crippen LogP contribution in [0.4, 0.5) is 0 Å². The largest absolute Gasteiger partial charge is 0.382 e. The van der Waals surface area contributed by atoms with E-state index in [0.29, 0.717) is 11.5 Å². The second-order valence-corrected chi connectivity index (χ2v) is 3.25. The molecule has 1 heterocycles. The monoisotopic (exact) mass is 207 g/mol. The van der Waals surface area contributed by atoms with Crippen LogP contribution in [-0.4, -0.2) is 16.7 Å². The average Bonchev–Trinajstić information content (AvgIpc) is 2.32. The van der Waals surface area contributed by atoms with Crippen molar-refractivity contribution in [3.05, 3.63) is 21.7 Å². The number of carbonyl (C=O) groups excluding carboxylic acids is 1. The quantitative estimate of drug-likeness (QED) is 0.757. The predicted octanol–water partition coefficient (Wildman–Crippen LogP) is 1.21. The molecule has 0 atom stereocenters. The molecule has 0 saturated heterocycles. The van der Waals surface area contributed by atoms with Crippen molar-refractivity contribution in [2.24, 2.45) is 0 Å². The summed E-state index contributed by atoms with van der Waals surface area (Å²) in [6.07, 6.45) is 1.83. The van der Waals surface area contributed by atoms with Gasteiger partial charge in [0.2, 0.25) is 0 Å². The molecule has 0 unspecified atom stereocenters. The highest BCUT2D eigenvalue weighted by Crippen LogP contribution is 2.12. The van der Waals surface area contributed by atoms with E-state index < -0.39 is 10.8 Å². The fourth-order valence-electron chi connectivity index (χ4n) is 0.768. The minimum Gasteiger partial charge on any atom is -0.382 e. The number of hydrogen-bond donors (Lipinski definition) is 1. The summed E-state index contributed by atoms with van der Waals surface area (Å²) in [7, 11) is 0. The lowest BCUT2D eigenvalue weighted by atomic mass is 10.3. The molecule has 12 heavy (non-hydrogen) atoms. The highest BCUT2D eigenvalue weighted by molar-refractivity contribution is 7.97. The number of aromatic amines is 1. The number of aromatic nitrogens is 1. The smallest absolute Gasteiger partial charge is 0.292 e. The lowest BCUT2D eigenvalue weighted by Gasteiger charge is -1.90. The topological polar surface area (TPSA) is 63.1 Å². The Balaban J connectivity index is 3.12. The second kappa shape index (κ2) is 3.82. The summed E-state index contributed by atoms with van der Waals surface area (Å²) in [6, 6.07) is 0. The molecule has 4 nitrogen and oxygen atoms in total. The van der Waals surface area contributed by atoms with Crippen LogP contribution < -0.4 is 5.56 Å². The Morgan fingerprint density at radius 3 is 2.92 bits per heavy atom. The van der Waals surface area contributed by atoms with Gasteiger partial charge in [0.05, 0.1) is 5.75 Å². The van der Waals surface area contributed by atoms with Gasteiger partial charge in [0.15, 0.2) is 5.76 Å². The third kappa shape index (κ3) is 1.73. The van der Waals surface area contributed by atoms with Gasteiger partial charge in [-0.05, 0) is 17.9 Å². The molecule has 0 bridgehead atoms. The molecule has 0 aliphatic rings. The van der Waals surface area contributed by atoms with Gasteiger partial charge in [0.25, 0.3) is 10.8 Å². The first kappa shape index (κ1) is 9.41. The van der Waals surface area contributed by atoms with Crippen LogP contribution in [0.1, 0.15) is 16.1 Å². The van der Waals surface area contributed by atoms with Gasteiger partial charge in [0.1, 0.15) is 5.56 Å². The molecule has 1 N–H and O–H groups in total. The first-order valence-electron chi connectivity index (χ1n) is 3.06. The molecule has 6 heteroatoms. The van der Waals surface area contributed by atoms with Crippen LogP contribution >= 0.6 is 23.4 Å². The molecule has 1 aromatic rings. The maximum atomic E-state index is 10.9. The molecular weight excluding hydrogens is 202 g/mol. The van der Waals surface area contributed by atoms with Gasteiger partial charge in [-0.1, -0.05) is 0 Å². The van der Waals surface area contributed by atoms with Crippen molar-refractivity contribution in [1.82, 2.24) is 5.16 Å². The molecule has 0 amide bonds. The van der Waals surface area contributed by atoms with E-state index in [-0.39, 0.29) is 5.56 Å². The van der Waals surface area contributed by atoms with Gasteiger partial charge < -0.3 is 4.52 Å². The van der Waals surface area contributed by atoms with Gasteiger partial charge in [-0.3, -0.25) is 9.59 Å². The van der Waals surface area contributed by atoms with Crippen molar-refractivity contribution in [1.29, 1.82) is 0 Å². The Labute approximate surface area is 77.2 Å². The maximum Gasteiger partial charge on any atom is 0.292 e. The minimum atomic E-state index is -0.783. The Morgan fingerprint density at radius 1 is 1.75 bits per heavy atom. The zero-order valence-corrected chi connectivity index (χ0v) is 7.79. The lowest BCUT2D eigenvalue weighted by Crippen LogP contribution is -2.09. The molecule has 66 valence electrons. The molecule has 1 aromatic heterocycles. The summed E-state index contributed by atoms with van der Waals surface area (Å²) >= 11 is 6.60. The van der Waals surface area contributed by atoms with E-state index in [0.717, 1.165) is 0 Å². The van der Waals surface area contributed by atoms with Crippen molar-refractivity contribution in [2.45, 2.75) is 5.75 Å². The molecule has 0 saturated carbocycles. The summed E-state index contributed by atoms with van der Waals surface area (Å²) in [4.78, 5) is 21.6. The van der Waals surface area contributed by atoms with Crippen LogP contribution in [0.15, 0.2) is 9.32 Å². The van der Waals surface area contributed by atoms with E-state index in [2.05, 4.69) is 5.16 Å². The number of nitrogens with one attached hydrogen (secondary N) is 1. The summed E-state index contributed by atoms with van der Waals surface area (Å²) in [6.45, 7) is 0. The summed E-state index contributed by atoms with van der Waals surface area (Å²) in [5, 5.41) is 1.27. The SMILES string of the molecule is CSCc1o[nH]c(=O)c1C(=O)Cl. The number of rotatable bonds is 3. The van der Waals surface area contributed by atoms with Gasteiger partial charge in [-0.2, -0.15) is 16.9 Å².